The molecule has 0 amide bonds. The van der Waals surface area contributed by atoms with E-state index < -0.39 is 0 Å². The molecule has 0 fully saturated rings. The highest BCUT2D eigenvalue weighted by Crippen LogP contribution is 2.41. The van der Waals surface area contributed by atoms with Gasteiger partial charge in [0.05, 0.1) is 13.3 Å². The van der Waals surface area contributed by atoms with Crippen LogP contribution in [-0.2, 0) is 7.05 Å². The number of nitrogen functional groups attached to an aromatic ring is 1. The number of aromatic hydroxyl groups is 1. The fraction of sp³-hybridized carbons (Fsp3) is 0.250. The predicted octanol–water partition coefficient (Wildman–Crippen LogP) is 1.69. The van der Waals surface area contributed by atoms with Crippen molar-refractivity contribution in [3.05, 3.63) is 23.9 Å². The van der Waals surface area contributed by atoms with Crippen LogP contribution in [0.4, 0.5) is 5.82 Å². The van der Waals surface area contributed by atoms with E-state index in [2.05, 4.69) is 5.10 Å². The van der Waals surface area contributed by atoms with E-state index in [4.69, 9.17) is 10.5 Å². The summed E-state index contributed by atoms with van der Waals surface area (Å²) in [5.41, 5.74) is 8.45. The zero-order valence-electron chi connectivity index (χ0n) is 10.1. The summed E-state index contributed by atoms with van der Waals surface area (Å²) in [5, 5.41) is 13.9. The second-order valence-corrected chi connectivity index (χ2v) is 3.88. The van der Waals surface area contributed by atoms with E-state index in [9.17, 15) is 5.11 Å². The van der Waals surface area contributed by atoms with Crippen LogP contribution in [0.25, 0.3) is 11.1 Å². The van der Waals surface area contributed by atoms with Gasteiger partial charge in [-0.15, -0.1) is 0 Å². The third-order valence-electron chi connectivity index (χ3n) is 2.80. The Bertz CT molecular complexity index is 561. The standard InChI is InChI=1S/C12H15N3O2/c1-7-4-5-9(16)11(17-3)10(7)8-6-14-15(2)12(8)13/h4-6,16H,13H2,1-3H3. The van der Waals surface area contributed by atoms with Gasteiger partial charge >= 0.3 is 0 Å². The van der Waals surface area contributed by atoms with E-state index in [-0.39, 0.29) is 5.75 Å². The quantitative estimate of drug-likeness (QED) is 0.827. The second kappa shape index (κ2) is 4.01. The highest BCUT2D eigenvalue weighted by atomic mass is 16.5. The normalized spacial score (nSPS) is 10.5. The number of benzene rings is 1. The Kier molecular flexibility index (Phi) is 2.67. The average molecular weight is 233 g/mol. The minimum Gasteiger partial charge on any atom is -0.504 e. The number of hydrogen-bond acceptors (Lipinski definition) is 4. The lowest BCUT2D eigenvalue weighted by molar-refractivity contribution is 0.374. The van der Waals surface area contributed by atoms with Crippen LogP contribution in [-0.4, -0.2) is 22.0 Å². The summed E-state index contributed by atoms with van der Waals surface area (Å²) in [5.74, 6) is 1.05. The van der Waals surface area contributed by atoms with Crippen molar-refractivity contribution in [1.29, 1.82) is 0 Å². The molecule has 1 aromatic carbocycles. The first-order chi connectivity index (χ1) is 8.06. The van der Waals surface area contributed by atoms with Crippen molar-refractivity contribution < 1.29 is 9.84 Å². The maximum Gasteiger partial charge on any atom is 0.168 e. The maximum absolute atomic E-state index is 9.78. The predicted molar refractivity (Wildman–Crippen MR) is 66.0 cm³/mol. The second-order valence-electron chi connectivity index (χ2n) is 3.88. The SMILES string of the molecule is COc1c(O)ccc(C)c1-c1cnn(C)c1N. The minimum absolute atomic E-state index is 0.0938. The zero-order chi connectivity index (χ0) is 12.6. The first-order valence-electron chi connectivity index (χ1n) is 5.20. The van der Waals surface area contributed by atoms with Gasteiger partial charge in [-0.3, -0.25) is 4.68 Å². The summed E-state index contributed by atoms with van der Waals surface area (Å²) >= 11 is 0. The number of phenolic OH excluding ortho intramolecular Hbond substituents is 1. The fourth-order valence-electron chi connectivity index (χ4n) is 1.85. The highest BCUT2D eigenvalue weighted by molar-refractivity contribution is 5.82. The third-order valence-corrected chi connectivity index (χ3v) is 2.80. The summed E-state index contributed by atoms with van der Waals surface area (Å²) in [4.78, 5) is 0. The van der Waals surface area contributed by atoms with Gasteiger partial charge in [0.15, 0.2) is 11.5 Å². The molecule has 1 aromatic heterocycles. The Hall–Kier alpha value is -2.17. The van der Waals surface area contributed by atoms with Crippen LogP contribution >= 0.6 is 0 Å². The molecule has 0 spiro atoms. The lowest BCUT2D eigenvalue weighted by atomic mass is 10.0. The number of nitrogens with zero attached hydrogens (tertiary/aromatic N) is 2. The number of hydrogen-bond donors (Lipinski definition) is 2. The molecule has 0 aliphatic rings. The van der Waals surface area contributed by atoms with Crippen molar-refractivity contribution in [3.63, 3.8) is 0 Å². The van der Waals surface area contributed by atoms with Gasteiger partial charge in [-0.25, -0.2) is 0 Å². The van der Waals surface area contributed by atoms with Gasteiger partial charge in [0.2, 0.25) is 0 Å². The first-order valence-corrected chi connectivity index (χ1v) is 5.20. The Balaban J connectivity index is 2.74. The van der Waals surface area contributed by atoms with Crippen LogP contribution in [0.3, 0.4) is 0 Å². The number of methoxy groups -OCH3 is 1. The van der Waals surface area contributed by atoms with Gasteiger partial charge < -0.3 is 15.6 Å². The van der Waals surface area contributed by atoms with Crippen LogP contribution in [0.2, 0.25) is 0 Å². The van der Waals surface area contributed by atoms with Gasteiger partial charge in [-0.2, -0.15) is 5.10 Å². The molecular weight excluding hydrogens is 218 g/mol. The topological polar surface area (TPSA) is 73.3 Å². The smallest absolute Gasteiger partial charge is 0.168 e. The lowest BCUT2D eigenvalue weighted by Crippen LogP contribution is -1.99. The van der Waals surface area contributed by atoms with Gasteiger partial charge in [-0.1, -0.05) is 6.07 Å². The minimum atomic E-state index is 0.0938. The molecule has 17 heavy (non-hydrogen) atoms. The Labute approximate surface area is 99.4 Å². The molecule has 0 aliphatic heterocycles. The fourth-order valence-corrected chi connectivity index (χ4v) is 1.85. The summed E-state index contributed by atoms with van der Waals surface area (Å²) in [7, 11) is 3.29. The Morgan fingerprint density at radius 1 is 1.41 bits per heavy atom. The van der Waals surface area contributed by atoms with E-state index >= 15 is 0 Å². The van der Waals surface area contributed by atoms with E-state index in [1.807, 2.05) is 13.0 Å². The molecule has 2 aromatic rings. The number of aryl methyl sites for hydroxylation is 2. The largest absolute Gasteiger partial charge is 0.504 e. The molecule has 2 rings (SSSR count). The first kappa shape index (κ1) is 11.3. The van der Waals surface area contributed by atoms with Crippen LogP contribution < -0.4 is 10.5 Å². The Morgan fingerprint density at radius 3 is 2.65 bits per heavy atom. The molecule has 0 saturated carbocycles. The van der Waals surface area contributed by atoms with Gasteiger partial charge in [-0.05, 0) is 18.6 Å². The summed E-state index contributed by atoms with van der Waals surface area (Å²) in [6.45, 7) is 1.93. The molecule has 0 aliphatic carbocycles. The molecule has 5 heteroatoms. The number of phenols is 1. The molecule has 0 unspecified atom stereocenters. The van der Waals surface area contributed by atoms with Gasteiger partial charge in [0.25, 0.3) is 0 Å². The molecule has 0 atom stereocenters. The highest BCUT2D eigenvalue weighted by Gasteiger charge is 2.17. The average Bonchev–Trinajstić information content (AvgIpc) is 2.63. The molecule has 5 nitrogen and oxygen atoms in total. The molecule has 0 saturated heterocycles. The van der Waals surface area contributed by atoms with Crippen molar-refractivity contribution in [2.45, 2.75) is 6.92 Å². The van der Waals surface area contributed by atoms with E-state index in [1.165, 1.54) is 7.11 Å². The van der Waals surface area contributed by atoms with Crippen molar-refractivity contribution in [2.24, 2.45) is 7.05 Å². The molecular formula is C12H15N3O2. The van der Waals surface area contributed by atoms with Crippen LogP contribution in [0.15, 0.2) is 18.3 Å². The number of nitrogens with two attached hydrogens (primary N) is 1. The molecule has 0 bridgehead atoms. The molecule has 1 heterocycles. The Morgan fingerprint density at radius 2 is 2.12 bits per heavy atom. The van der Waals surface area contributed by atoms with E-state index in [1.54, 1.807) is 24.0 Å². The van der Waals surface area contributed by atoms with Crippen LogP contribution in [0.5, 0.6) is 11.5 Å². The molecule has 3 N–H and O–H groups in total. The monoisotopic (exact) mass is 233 g/mol. The van der Waals surface area contributed by atoms with Gasteiger partial charge in [0.1, 0.15) is 5.82 Å². The summed E-state index contributed by atoms with van der Waals surface area (Å²) < 4.78 is 6.81. The van der Waals surface area contributed by atoms with Crippen LogP contribution in [0, 0.1) is 6.92 Å². The molecule has 90 valence electrons. The van der Waals surface area contributed by atoms with Crippen molar-refractivity contribution >= 4 is 5.82 Å². The number of ether oxygens (including phenoxy) is 1. The number of aromatic nitrogens is 2. The van der Waals surface area contributed by atoms with Crippen LogP contribution in [0.1, 0.15) is 5.56 Å². The summed E-state index contributed by atoms with van der Waals surface area (Å²) in [6.07, 6.45) is 1.67. The van der Waals surface area contributed by atoms with E-state index in [0.717, 1.165) is 16.7 Å². The third kappa shape index (κ3) is 1.69. The number of rotatable bonds is 2. The summed E-state index contributed by atoms with van der Waals surface area (Å²) in [6, 6.07) is 3.42. The van der Waals surface area contributed by atoms with Crippen molar-refractivity contribution in [3.8, 4) is 22.6 Å². The number of anilines is 1. The van der Waals surface area contributed by atoms with E-state index in [0.29, 0.717) is 11.6 Å². The molecule has 0 radical (unpaired) electrons. The van der Waals surface area contributed by atoms with Crippen molar-refractivity contribution in [1.82, 2.24) is 9.78 Å². The zero-order valence-corrected chi connectivity index (χ0v) is 10.1. The van der Waals surface area contributed by atoms with Gasteiger partial charge in [0, 0.05) is 18.2 Å². The maximum atomic E-state index is 9.78. The lowest BCUT2D eigenvalue weighted by Gasteiger charge is -2.12. The van der Waals surface area contributed by atoms with Crippen molar-refractivity contribution in [2.75, 3.05) is 12.8 Å².